The molecule has 11 rings (SSSR count). The average Bonchev–Trinajstić information content (AvgIpc) is 3.85. The third-order valence-electron chi connectivity index (χ3n) is 10.6. The summed E-state index contributed by atoms with van der Waals surface area (Å²) in [6, 6.07) is 60.5. The largest absolute Gasteiger partial charge is 0.456 e. The Morgan fingerprint density at radius 3 is 1.82 bits per heavy atom. The fourth-order valence-electron chi connectivity index (χ4n) is 7.94. The van der Waals surface area contributed by atoms with Crippen molar-refractivity contribution < 1.29 is 8.83 Å². The van der Waals surface area contributed by atoms with Crippen LogP contribution in [0.2, 0.25) is 0 Å². The molecule has 5 nitrogen and oxygen atoms in total. The highest BCUT2D eigenvalue weighted by Gasteiger charge is 2.19. The van der Waals surface area contributed by atoms with Gasteiger partial charge >= 0.3 is 0 Å². The van der Waals surface area contributed by atoms with Gasteiger partial charge in [-0.05, 0) is 64.7 Å². The minimum atomic E-state index is 0.670. The Morgan fingerprint density at radius 1 is 0.357 bits per heavy atom. The summed E-state index contributed by atoms with van der Waals surface area (Å²) in [5.74, 6) is 0.670. The van der Waals surface area contributed by atoms with Crippen molar-refractivity contribution in [3.63, 3.8) is 0 Å². The summed E-state index contributed by atoms with van der Waals surface area (Å²) in [6.45, 7) is 0. The van der Waals surface area contributed by atoms with Crippen LogP contribution < -0.4 is 0 Å². The molecule has 0 atom stereocenters. The van der Waals surface area contributed by atoms with Crippen LogP contribution in [-0.4, -0.2) is 15.0 Å². The zero-order valence-corrected chi connectivity index (χ0v) is 30.1. The predicted molar refractivity (Wildman–Crippen MR) is 227 cm³/mol. The van der Waals surface area contributed by atoms with Crippen LogP contribution in [0, 0.1) is 0 Å². The summed E-state index contributed by atoms with van der Waals surface area (Å²) in [6.07, 6.45) is 3.69. The van der Waals surface area contributed by atoms with Gasteiger partial charge in [0.25, 0.3) is 0 Å². The van der Waals surface area contributed by atoms with Gasteiger partial charge in [0.05, 0.1) is 11.4 Å². The van der Waals surface area contributed by atoms with E-state index in [1.165, 1.54) is 0 Å². The number of pyridine rings is 1. The van der Waals surface area contributed by atoms with E-state index in [-0.39, 0.29) is 0 Å². The molecule has 0 aliphatic rings. The topological polar surface area (TPSA) is 65.0 Å². The smallest absolute Gasteiger partial charge is 0.160 e. The van der Waals surface area contributed by atoms with Gasteiger partial charge < -0.3 is 8.83 Å². The van der Waals surface area contributed by atoms with Gasteiger partial charge in [0.1, 0.15) is 22.3 Å². The molecule has 5 heteroatoms. The van der Waals surface area contributed by atoms with E-state index in [9.17, 15) is 0 Å². The highest BCUT2D eigenvalue weighted by Crippen LogP contribution is 2.43. The molecule has 0 bridgehead atoms. The molecule has 4 aromatic heterocycles. The molecule has 262 valence electrons. The minimum absolute atomic E-state index is 0.670. The molecule has 11 aromatic rings. The molecule has 0 N–H and O–H groups in total. The fourth-order valence-corrected chi connectivity index (χ4v) is 7.94. The lowest BCUT2D eigenvalue weighted by Gasteiger charge is -2.13. The molecule has 4 heterocycles. The molecule has 0 saturated carbocycles. The molecular formula is C51H31N3O2. The molecule has 0 unspecified atom stereocenters. The maximum atomic E-state index is 6.68. The van der Waals surface area contributed by atoms with Crippen LogP contribution in [-0.2, 0) is 0 Å². The van der Waals surface area contributed by atoms with E-state index in [0.29, 0.717) is 5.82 Å². The van der Waals surface area contributed by atoms with E-state index in [1.807, 2.05) is 54.7 Å². The molecule has 0 spiro atoms. The number of aromatic nitrogens is 3. The molecule has 0 amide bonds. The van der Waals surface area contributed by atoms with Gasteiger partial charge in [0.2, 0.25) is 0 Å². The number of para-hydroxylation sites is 2. The van der Waals surface area contributed by atoms with Crippen molar-refractivity contribution in [1.82, 2.24) is 15.0 Å². The van der Waals surface area contributed by atoms with Crippen LogP contribution >= 0.6 is 0 Å². The highest BCUT2D eigenvalue weighted by atomic mass is 16.3. The van der Waals surface area contributed by atoms with Crippen molar-refractivity contribution in [2.75, 3.05) is 0 Å². The zero-order valence-electron chi connectivity index (χ0n) is 30.1. The summed E-state index contributed by atoms with van der Waals surface area (Å²) in [7, 11) is 0. The third-order valence-corrected chi connectivity index (χ3v) is 10.6. The van der Waals surface area contributed by atoms with E-state index in [1.54, 1.807) is 6.20 Å². The maximum absolute atomic E-state index is 6.68. The second kappa shape index (κ2) is 13.0. The highest BCUT2D eigenvalue weighted by molar-refractivity contribution is 6.17. The number of benzene rings is 7. The van der Waals surface area contributed by atoms with Crippen LogP contribution in [0.4, 0.5) is 0 Å². The fraction of sp³-hybridized carbons (Fsp3) is 0. The van der Waals surface area contributed by atoms with Gasteiger partial charge in [0, 0.05) is 61.8 Å². The Kier molecular flexibility index (Phi) is 7.42. The summed E-state index contributed by atoms with van der Waals surface area (Å²) in [5.41, 5.74) is 14.5. The summed E-state index contributed by atoms with van der Waals surface area (Å²) < 4.78 is 13.0. The normalized spacial score (nSPS) is 11.6. The van der Waals surface area contributed by atoms with Gasteiger partial charge in [-0.3, -0.25) is 4.98 Å². The lowest BCUT2D eigenvalue weighted by atomic mass is 9.93. The van der Waals surface area contributed by atoms with Crippen LogP contribution in [0.25, 0.3) is 111 Å². The molecular weight excluding hydrogens is 687 g/mol. The van der Waals surface area contributed by atoms with Gasteiger partial charge in [0.15, 0.2) is 5.82 Å². The Morgan fingerprint density at radius 2 is 1.00 bits per heavy atom. The number of hydrogen-bond acceptors (Lipinski definition) is 5. The van der Waals surface area contributed by atoms with E-state index in [2.05, 4.69) is 132 Å². The van der Waals surface area contributed by atoms with Gasteiger partial charge in [-0.2, -0.15) is 0 Å². The first-order valence-electron chi connectivity index (χ1n) is 18.7. The quantitative estimate of drug-likeness (QED) is 0.171. The van der Waals surface area contributed by atoms with Crippen molar-refractivity contribution in [1.29, 1.82) is 0 Å². The first-order chi connectivity index (χ1) is 27.7. The summed E-state index contributed by atoms with van der Waals surface area (Å²) in [5, 5.41) is 4.39. The molecule has 56 heavy (non-hydrogen) atoms. The first-order valence-corrected chi connectivity index (χ1v) is 18.7. The SMILES string of the molecule is c1ccc(-c2nc(-c3ccc(-c4ccc(-c5ccc6c(c5)oc5ccccc56)c5c4oc4ccccc45)cc3)cc(-c3ccccc3-c3cccnc3)n2)cc1. The standard InChI is InChI=1S/C51H31N3O2/c1-2-11-34(12-3-1)51-53-44(30-45(54-51)40-15-5-4-14-37(40)36-13-10-28-52-31-36)33-22-20-32(21-23-33)39-27-26-38(49-43-17-7-9-19-47(43)56-50(39)49)35-24-25-42-41-16-6-8-18-46(41)55-48(42)29-35/h1-31H. The Hall–Kier alpha value is -7.63. The second-order valence-electron chi connectivity index (χ2n) is 14.0. The van der Waals surface area contributed by atoms with Crippen molar-refractivity contribution in [2.24, 2.45) is 0 Å². The lowest BCUT2D eigenvalue weighted by molar-refractivity contribution is 0.668. The second-order valence-corrected chi connectivity index (χ2v) is 14.0. The lowest BCUT2D eigenvalue weighted by Crippen LogP contribution is -1.97. The summed E-state index contributed by atoms with van der Waals surface area (Å²) >= 11 is 0. The van der Waals surface area contributed by atoms with E-state index < -0.39 is 0 Å². The van der Waals surface area contributed by atoms with E-state index >= 15 is 0 Å². The van der Waals surface area contributed by atoms with E-state index in [4.69, 9.17) is 18.8 Å². The Labute approximate surface area is 322 Å². The molecule has 0 saturated heterocycles. The first kappa shape index (κ1) is 31.9. The number of furan rings is 2. The van der Waals surface area contributed by atoms with Crippen molar-refractivity contribution in [2.45, 2.75) is 0 Å². The molecule has 0 radical (unpaired) electrons. The van der Waals surface area contributed by atoms with Crippen LogP contribution in [0.5, 0.6) is 0 Å². The monoisotopic (exact) mass is 717 g/mol. The predicted octanol–water partition coefficient (Wildman–Crippen LogP) is 13.7. The van der Waals surface area contributed by atoms with Gasteiger partial charge in [-0.15, -0.1) is 0 Å². The minimum Gasteiger partial charge on any atom is -0.456 e. The van der Waals surface area contributed by atoms with Crippen LogP contribution in [0.3, 0.4) is 0 Å². The van der Waals surface area contributed by atoms with Crippen molar-refractivity contribution in [3.05, 3.63) is 188 Å². The van der Waals surface area contributed by atoms with Crippen LogP contribution in [0.15, 0.2) is 197 Å². The third kappa shape index (κ3) is 5.37. The number of fused-ring (bicyclic) bond motifs is 6. The average molecular weight is 718 g/mol. The van der Waals surface area contributed by atoms with E-state index in [0.717, 1.165) is 105 Å². The van der Waals surface area contributed by atoms with Crippen molar-refractivity contribution >= 4 is 43.9 Å². The van der Waals surface area contributed by atoms with Gasteiger partial charge in [-0.1, -0.05) is 133 Å². The summed E-state index contributed by atoms with van der Waals surface area (Å²) in [4.78, 5) is 14.6. The Balaban J connectivity index is 1.03. The Bertz CT molecular complexity index is 3240. The zero-order chi connectivity index (χ0) is 37.0. The molecule has 7 aromatic carbocycles. The number of nitrogens with zero attached hydrogens (tertiary/aromatic N) is 3. The number of hydrogen-bond donors (Lipinski definition) is 0. The maximum Gasteiger partial charge on any atom is 0.160 e. The number of rotatable bonds is 6. The van der Waals surface area contributed by atoms with Crippen LogP contribution in [0.1, 0.15) is 0 Å². The van der Waals surface area contributed by atoms with Gasteiger partial charge in [-0.25, -0.2) is 9.97 Å². The molecule has 0 fully saturated rings. The molecule has 0 aliphatic heterocycles. The van der Waals surface area contributed by atoms with Crippen molar-refractivity contribution in [3.8, 4) is 67.3 Å². The molecule has 0 aliphatic carbocycles.